The van der Waals surface area contributed by atoms with Crippen LogP contribution in [-0.2, 0) is 17.8 Å². The molecule has 1 aromatic heterocycles. The average Bonchev–Trinajstić information content (AvgIpc) is 3.44. The van der Waals surface area contributed by atoms with Gasteiger partial charge in [0.05, 0.1) is 17.7 Å². The molecule has 4 aromatic rings. The topological polar surface area (TPSA) is 114 Å². The van der Waals surface area contributed by atoms with Crippen molar-refractivity contribution in [3.8, 4) is 0 Å². The first-order chi connectivity index (χ1) is 17.9. The fourth-order valence-corrected chi connectivity index (χ4v) is 4.59. The number of hydrogen-bond donors (Lipinski definition) is 2. The number of amides is 4. The Morgan fingerprint density at radius 1 is 0.892 bits per heavy atom. The molecule has 1 aliphatic rings. The number of urea groups is 1. The van der Waals surface area contributed by atoms with Gasteiger partial charge >= 0.3 is 12.0 Å². The molecule has 0 bridgehead atoms. The van der Waals surface area contributed by atoms with E-state index in [0.717, 1.165) is 31.4 Å². The Morgan fingerprint density at radius 2 is 1.49 bits per heavy atom. The smallest absolute Gasteiger partial charge is 0.340 e. The highest BCUT2D eigenvalue weighted by Gasteiger charge is 2.43. The lowest BCUT2D eigenvalue weighted by Gasteiger charge is -2.35. The van der Waals surface area contributed by atoms with Gasteiger partial charge in [-0.3, -0.25) is 9.59 Å². The quantitative estimate of drug-likeness (QED) is 0.377. The van der Waals surface area contributed by atoms with Crippen LogP contribution < -0.4 is 0 Å². The van der Waals surface area contributed by atoms with Gasteiger partial charge < -0.3 is 15.0 Å². The highest BCUT2D eigenvalue weighted by Crippen LogP contribution is 2.27. The highest BCUT2D eigenvalue weighted by molar-refractivity contribution is 6.21. The summed E-state index contributed by atoms with van der Waals surface area (Å²) < 4.78 is 0. The number of aromatic amines is 1. The summed E-state index contributed by atoms with van der Waals surface area (Å²) in [4.78, 5) is 56.9. The van der Waals surface area contributed by atoms with Crippen LogP contribution in [0.25, 0.3) is 10.9 Å². The minimum atomic E-state index is -1.25. The van der Waals surface area contributed by atoms with E-state index < -0.39 is 29.9 Å². The van der Waals surface area contributed by atoms with E-state index in [1.54, 1.807) is 42.6 Å². The Bertz CT molecular complexity index is 1480. The molecule has 1 unspecified atom stereocenters. The lowest BCUT2D eigenvalue weighted by atomic mass is 10.0. The summed E-state index contributed by atoms with van der Waals surface area (Å²) >= 11 is 0. The number of carboxylic acids is 1. The second-order valence-corrected chi connectivity index (χ2v) is 8.82. The number of carbonyl (C=O) groups excluding carboxylic acids is 3. The molecule has 2 heterocycles. The Labute approximate surface area is 212 Å². The molecule has 0 spiro atoms. The van der Waals surface area contributed by atoms with E-state index in [9.17, 15) is 24.3 Å². The van der Waals surface area contributed by atoms with Crippen molar-refractivity contribution in [1.82, 2.24) is 19.9 Å². The van der Waals surface area contributed by atoms with Gasteiger partial charge in [0.25, 0.3) is 11.8 Å². The van der Waals surface area contributed by atoms with Gasteiger partial charge in [-0.1, -0.05) is 60.7 Å². The number of likely N-dealkylation sites (N-methyl/N-ethyl adjacent to an activating group) is 1. The number of fused-ring (bicyclic) bond motifs is 2. The number of aromatic nitrogens is 1. The zero-order chi connectivity index (χ0) is 26.1. The molecule has 37 heavy (non-hydrogen) atoms. The maximum absolute atomic E-state index is 13.8. The summed E-state index contributed by atoms with van der Waals surface area (Å²) in [6, 6.07) is 20.7. The van der Waals surface area contributed by atoms with Crippen LogP contribution in [0.5, 0.6) is 0 Å². The van der Waals surface area contributed by atoms with Crippen molar-refractivity contribution in [1.29, 1.82) is 0 Å². The predicted octanol–water partition coefficient (Wildman–Crippen LogP) is 3.93. The summed E-state index contributed by atoms with van der Waals surface area (Å²) in [7, 11) is 1.37. The SMILES string of the molecule is CN(C(=O)N(Cc1ccccc1)N1C(=O)c2ccccc2C1=O)C(Cc1c[nH]c2ccccc12)C(=O)O. The molecule has 1 aliphatic heterocycles. The van der Waals surface area contributed by atoms with Crippen LogP contribution in [0.3, 0.4) is 0 Å². The summed E-state index contributed by atoms with van der Waals surface area (Å²) in [6.45, 7) is -0.102. The average molecular weight is 497 g/mol. The predicted molar refractivity (Wildman–Crippen MR) is 136 cm³/mol. The summed E-state index contributed by atoms with van der Waals surface area (Å²) in [6.07, 6.45) is 1.76. The number of imide groups is 1. The van der Waals surface area contributed by atoms with Gasteiger partial charge in [0.1, 0.15) is 6.04 Å². The number of H-pyrrole nitrogens is 1. The second-order valence-electron chi connectivity index (χ2n) is 8.82. The normalized spacial score (nSPS) is 13.5. The number of hydrazine groups is 1. The van der Waals surface area contributed by atoms with Gasteiger partial charge in [0.2, 0.25) is 0 Å². The molecule has 0 saturated carbocycles. The van der Waals surface area contributed by atoms with Gasteiger partial charge in [-0.2, -0.15) is 5.01 Å². The molecule has 2 N–H and O–H groups in total. The van der Waals surface area contributed by atoms with Crippen LogP contribution in [0.15, 0.2) is 85.1 Å². The molecule has 3 aromatic carbocycles. The van der Waals surface area contributed by atoms with Crippen molar-refractivity contribution in [3.63, 3.8) is 0 Å². The fourth-order valence-electron chi connectivity index (χ4n) is 4.59. The minimum Gasteiger partial charge on any atom is -0.480 e. The second kappa shape index (κ2) is 9.62. The molecular formula is C28H24N4O5. The standard InChI is InChI=1S/C28H24N4O5/c1-30(24(27(35)36)15-19-16-29-23-14-8-7-11-20(19)23)28(37)31(17-18-9-3-2-4-10-18)32-25(33)21-12-5-6-13-22(21)26(32)34/h2-14,16,24,29H,15,17H2,1H3,(H,35,36). The molecule has 0 saturated heterocycles. The number of nitrogens with one attached hydrogen (secondary N) is 1. The largest absolute Gasteiger partial charge is 0.480 e. The molecular weight excluding hydrogens is 472 g/mol. The van der Waals surface area contributed by atoms with Crippen LogP contribution in [0.1, 0.15) is 31.8 Å². The lowest BCUT2D eigenvalue weighted by molar-refractivity contribution is -0.142. The zero-order valence-corrected chi connectivity index (χ0v) is 20.0. The van der Waals surface area contributed by atoms with E-state index >= 15 is 0 Å². The maximum atomic E-state index is 13.8. The Hall–Kier alpha value is -4.92. The van der Waals surface area contributed by atoms with Gasteiger partial charge in [-0.05, 0) is 29.3 Å². The first-order valence-corrected chi connectivity index (χ1v) is 11.7. The summed E-state index contributed by atoms with van der Waals surface area (Å²) in [5, 5.41) is 12.8. The number of rotatable bonds is 7. The summed E-state index contributed by atoms with van der Waals surface area (Å²) in [5.41, 5.74) is 2.64. The first kappa shape index (κ1) is 23.8. The van der Waals surface area contributed by atoms with Crippen LogP contribution in [0.2, 0.25) is 0 Å². The van der Waals surface area contributed by atoms with Crippen LogP contribution in [0, 0.1) is 0 Å². The van der Waals surface area contributed by atoms with E-state index in [4.69, 9.17) is 0 Å². The van der Waals surface area contributed by atoms with Crippen LogP contribution >= 0.6 is 0 Å². The number of para-hydroxylation sites is 1. The Kier molecular flexibility index (Phi) is 6.19. The van der Waals surface area contributed by atoms with E-state index in [-0.39, 0.29) is 24.1 Å². The third kappa shape index (κ3) is 4.31. The Morgan fingerprint density at radius 3 is 2.14 bits per heavy atom. The van der Waals surface area contributed by atoms with Gasteiger partial charge in [-0.15, -0.1) is 0 Å². The van der Waals surface area contributed by atoms with Gasteiger partial charge in [-0.25, -0.2) is 14.6 Å². The van der Waals surface area contributed by atoms with E-state index in [1.165, 1.54) is 19.2 Å². The third-order valence-electron chi connectivity index (χ3n) is 6.55. The van der Waals surface area contributed by atoms with Gasteiger partial charge in [0.15, 0.2) is 0 Å². The molecule has 186 valence electrons. The van der Waals surface area contributed by atoms with E-state index in [0.29, 0.717) is 5.56 Å². The van der Waals surface area contributed by atoms with Crippen LogP contribution in [-0.4, -0.2) is 61.9 Å². The molecule has 4 amide bonds. The molecule has 9 nitrogen and oxygen atoms in total. The number of hydrogen-bond acceptors (Lipinski definition) is 4. The fraction of sp³-hybridized carbons (Fsp3) is 0.143. The van der Waals surface area contributed by atoms with Crippen molar-refractivity contribution in [2.75, 3.05) is 7.05 Å². The number of nitrogens with zero attached hydrogens (tertiary/aromatic N) is 3. The molecule has 0 radical (unpaired) electrons. The molecule has 0 fully saturated rings. The maximum Gasteiger partial charge on any atom is 0.340 e. The molecule has 9 heteroatoms. The number of carboxylic acid groups (broad SMARTS) is 1. The number of aliphatic carboxylic acids is 1. The van der Waals surface area contributed by atoms with E-state index in [1.807, 2.05) is 30.3 Å². The van der Waals surface area contributed by atoms with Crippen molar-refractivity contribution in [2.24, 2.45) is 0 Å². The van der Waals surface area contributed by atoms with Crippen molar-refractivity contribution in [2.45, 2.75) is 19.0 Å². The van der Waals surface area contributed by atoms with Gasteiger partial charge in [0, 0.05) is 30.6 Å². The van der Waals surface area contributed by atoms with Crippen molar-refractivity contribution < 1.29 is 24.3 Å². The Balaban J connectivity index is 1.49. The number of benzene rings is 3. The first-order valence-electron chi connectivity index (χ1n) is 11.7. The van der Waals surface area contributed by atoms with Crippen molar-refractivity contribution >= 4 is 34.7 Å². The van der Waals surface area contributed by atoms with Crippen molar-refractivity contribution in [3.05, 3.63) is 107 Å². The van der Waals surface area contributed by atoms with E-state index in [2.05, 4.69) is 4.98 Å². The third-order valence-corrected chi connectivity index (χ3v) is 6.55. The zero-order valence-electron chi connectivity index (χ0n) is 20.0. The molecule has 0 aliphatic carbocycles. The number of carbonyl (C=O) groups is 4. The van der Waals surface area contributed by atoms with Crippen LogP contribution in [0.4, 0.5) is 4.79 Å². The molecule has 5 rings (SSSR count). The molecule has 1 atom stereocenters. The highest BCUT2D eigenvalue weighted by atomic mass is 16.4. The lowest BCUT2D eigenvalue weighted by Crippen LogP contribution is -2.56. The summed E-state index contributed by atoms with van der Waals surface area (Å²) in [5.74, 6) is -2.48. The monoisotopic (exact) mass is 496 g/mol. The minimum absolute atomic E-state index is 0.0306.